The van der Waals surface area contributed by atoms with E-state index in [0.717, 1.165) is 22.6 Å². The van der Waals surface area contributed by atoms with Gasteiger partial charge in [-0.15, -0.1) is 0 Å². The molecule has 0 unspecified atom stereocenters. The molecular weight excluding hydrogens is 348 g/mol. The summed E-state index contributed by atoms with van der Waals surface area (Å²) in [6, 6.07) is 20.7. The summed E-state index contributed by atoms with van der Waals surface area (Å²) in [4.78, 5) is 16.3. The second kappa shape index (κ2) is 9.02. The molecule has 4 nitrogen and oxygen atoms in total. The van der Waals surface area contributed by atoms with E-state index in [9.17, 15) is 4.79 Å². The second-order valence-electron chi connectivity index (χ2n) is 5.84. The van der Waals surface area contributed by atoms with Crippen LogP contribution in [0.15, 0.2) is 72.9 Å². The Bertz CT molecular complexity index is 851. The Morgan fingerprint density at radius 2 is 1.85 bits per heavy atom. The Hall–Kier alpha value is -2.85. The smallest absolute Gasteiger partial charge is 0.224 e. The van der Waals surface area contributed by atoms with Crippen LogP contribution in [0.1, 0.15) is 16.8 Å². The average molecular weight is 367 g/mol. The topological polar surface area (TPSA) is 51.2 Å². The lowest BCUT2D eigenvalue weighted by molar-refractivity contribution is -0.120. The first kappa shape index (κ1) is 18.0. The summed E-state index contributed by atoms with van der Waals surface area (Å²) in [5, 5.41) is 3.59. The van der Waals surface area contributed by atoms with Crippen molar-refractivity contribution in [2.45, 2.75) is 19.6 Å². The molecule has 0 aliphatic carbocycles. The van der Waals surface area contributed by atoms with E-state index in [2.05, 4.69) is 10.3 Å². The molecular formula is C21H19ClN2O2. The number of pyridine rings is 1. The van der Waals surface area contributed by atoms with Gasteiger partial charge < -0.3 is 10.1 Å². The number of carbonyl (C=O) groups excluding carboxylic acids is 1. The van der Waals surface area contributed by atoms with E-state index in [-0.39, 0.29) is 5.91 Å². The third-order valence-corrected chi connectivity index (χ3v) is 4.03. The predicted molar refractivity (Wildman–Crippen MR) is 102 cm³/mol. The Morgan fingerprint density at radius 1 is 1.00 bits per heavy atom. The molecule has 1 heterocycles. The van der Waals surface area contributed by atoms with Crippen LogP contribution < -0.4 is 10.1 Å². The molecule has 1 aromatic heterocycles. The van der Waals surface area contributed by atoms with Gasteiger partial charge in [0, 0.05) is 17.8 Å². The predicted octanol–water partition coefficient (Wildman–Crippen LogP) is 4.17. The molecule has 2 aromatic carbocycles. The fraction of sp³-hybridized carbons (Fsp3) is 0.143. The summed E-state index contributed by atoms with van der Waals surface area (Å²) in [6.45, 7) is 0.862. The van der Waals surface area contributed by atoms with E-state index in [1.54, 1.807) is 18.3 Å². The molecule has 3 rings (SSSR count). The van der Waals surface area contributed by atoms with Gasteiger partial charge in [0.15, 0.2) is 0 Å². The van der Waals surface area contributed by atoms with Gasteiger partial charge >= 0.3 is 0 Å². The van der Waals surface area contributed by atoms with E-state index < -0.39 is 0 Å². The highest BCUT2D eigenvalue weighted by Gasteiger charge is 2.04. The first-order valence-corrected chi connectivity index (χ1v) is 8.69. The zero-order chi connectivity index (χ0) is 18.2. The third-order valence-electron chi connectivity index (χ3n) is 3.78. The number of rotatable bonds is 7. The van der Waals surface area contributed by atoms with Crippen LogP contribution in [-0.4, -0.2) is 10.9 Å². The Labute approximate surface area is 157 Å². The maximum Gasteiger partial charge on any atom is 0.224 e. The third kappa shape index (κ3) is 5.60. The van der Waals surface area contributed by atoms with Gasteiger partial charge in [-0.3, -0.25) is 9.78 Å². The number of carbonyl (C=O) groups is 1. The van der Waals surface area contributed by atoms with Crippen molar-refractivity contribution < 1.29 is 9.53 Å². The van der Waals surface area contributed by atoms with E-state index >= 15 is 0 Å². The molecule has 0 saturated carbocycles. The first-order valence-electron chi connectivity index (χ1n) is 8.32. The number of hydrogen-bond acceptors (Lipinski definition) is 3. The van der Waals surface area contributed by atoms with Gasteiger partial charge in [0.05, 0.1) is 12.1 Å². The minimum Gasteiger partial charge on any atom is -0.487 e. The fourth-order valence-corrected chi connectivity index (χ4v) is 2.56. The largest absolute Gasteiger partial charge is 0.487 e. The van der Waals surface area contributed by atoms with Crippen LogP contribution in [0.4, 0.5) is 0 Å². The second-order valence-corrected chi connectivity index (χ2v) is 6.27. The van der Waals surface area contributed by atoms with Gasteiger partial charge in [0.2, 0.25) is 5.91 Å². The Balaban J connectivity index is 1.50. The van der Waals surface area contributed by atoms with Gasteiger partial charge in [-0.1, -0.05) is 41.9 Å². The van der Waals surface area contributed by atoms with Crippen molar-refractivity contribution in [3.63, 3.8) is 0 Å². The van der Waals surface area contributed by atoms with E-state index in [1.807, 2.05) is 54.6 Å². The van der Waals surface area contributed by atoms with E-state index in [0.29, 0.717) is 24.6 Å². The molecule has 0 fully saturated rings. The highest BCUT2D eigenvalue weighted by atomic mass is 35.5. The maximum atomic E-state index is 12.1. The highest BCUT2D eigenvalue weighted by molar-refractivity contribution is 6.30. The molecule has 0 saturated heterocycles. The van der Waals surface area contributed by atoms with E-state index in [4.69, 9.17) is 16.3 Å². The summed E-state index contributed by atoms with van der Waals surface area (Å²) < 4.78 is 5.76. The normalized spacial score (nSPS) is 10.3. The number of benzene rings is 2. The summed E-state index contributed by atoms with van der Waals surface area (Å²) in [6.07, 6.45) is 2.07. The number of halogens is 1. The summed E-state index contributed by atoms with van der Waals surface area (Å²) in [7, 11) is 0. The number of nitrogens with one attached hydrogen (secondary N) is 1. The Kier molecular flexibility index (Phi) is 6.23. The molecule has 0 aliphatic rings. The molecule has 1 amide bonds. The zero-order valence-electron chi connectivity index (χ0n) is 14.2. The van der Waals surface area contributed by atoms with Crippen molar-refractivity contribution in [1.82, 2.24) is 10.3 Å². The fourth-order valence-electron chi connectivity index (χ4n) is 2.44. The van der Waals surface area contributed by atoms with Crippen LogP contribution in [0, 0.1) is 0 Å². The van der Waals surface area contributed by atoms with Crippen molar-refractivity contribution in [3.8, 4) is 5.75 Å². The minimum atomic E-state index is -0.0351. The summed E-state index contributed by atoms with van der Waals surface area (Å²) >= 11 is 5.85. The monoisotopic (exact) mass is 366 g/mol. The number of hydrogen-bond donors (Lipinski definition) is 1. The van der Waals surface area contributed by atoms with Crippen LogP contribution in [0.5, 0.6) is 5.75 Å². The van der Waals surface area contributed by atoms with Crippen LogP contribution in [0.25, 0.3) is 0 Å². The van der Waals surface area contributed by atoms with Crippen molar-refractivity contribution >= 4 is 17.5 Å². The molecule has 0 radical (unpaired) electrons. The molecule has 0 atom stereocenters. The molecule has 3 aromatic rings. The van der Waals surface area contributed by atoms with Crippen LogP contribution in [0.2, 0.25) is 5.02 Å². The molecule has 0 bridgehead atoms. The maximum absolute atomic E-state index is 12.1. The summed E-state index contributed by atoms with van der Waals surface area (Å²) in [5.41, 5.74) is 2.78. The molecule has 132 valence electrons. The first-order chi connectivity index (χ1) is 12.7. The number of amides is 1. The lowest BCUT2D eigenvalue weighted by Crippen LogP contribution is -2.24. The van der Waals surface area contributed by atoms with Crippen molar-refractivity contribution in [2.75, 3.05) is 0 Å². The lowest BCUT2D eigenvalue weighted by atomic mass is 10.1. The standard InChI is InChI=1S/C21H19ClN2O2/c22-18-9-7-16(8-10-18)13-21(25)24-14-17-4-3-6-20(12-17)26-15-19-5-1-2-11-23-19/h1-12H,13-15H2,(H,24,25). The molecule has 26 heavy (non-hydrogen) atoms. The average Bonchev–Trinajstić information content (AvgIpc) is 2.68. The Morgan fingerprint density at radius 3 is 2.62 bits per heavy atom. The molecule has 0 aliphatic heterocycles. The van der Waals surface area contributed by atoms with Crippen LogP contribution >= 0.6 is 11.6 Å². The molecule has 5 heteroatoms. The van der Waals surface area contributed by atoms with Crippen LogP contribution in [0.3, 0.4) is 0 Å². The van der Waals surface area contributed by atoms with Crippen molar-refractivity contribution in [3.05, 3.63) is 94.8 Å². The van der Waals surface area contributed by atoms with Gasteiger partial charge in [-0.05, 0) is 47.5 Å². The van der Waals surface area contributed by atoms with Crippen molar-refractivity contribution in [2.24, 2.45) is 0 Å². The SMILES string of the molecule is O=C(Cc1ccc(Cl)cc1)NCc1cccc(OCc2ccccn2)c1. The van der Waals surface area contributed by atoms with Gasteiger partial charge in [0.1, 0.15) is 12.4 Å². The molecule has 0 spiro atoms. The van der Waals surface area contributed by atoms with Crippen LogP contribution in [-0.2, 0) is 24.4 Å². The van der Waals surface area contributed by atoms with Crippen molar-refractivity contribution in [1.29, 1.82) is 0 Å². The van der Waals surface area contributed by atoms with Gasteiger partial charge in [-0.2, -0.15) is 0 Å². The highest BCUT2D eigenvalue weighted by Crippen LogP contribution is 2.15. The van der Waals surface area contributed by atoms with Gasteiger partial charge in [0.25, 0.3) is 0 Å². The summed E-state index contributed by atoms with van der Waals surface area (Å²) in [5.74, 6) is 0.715. The van der Waals surface area contributed by atoms with E-state index in [1.165, 1.54) is 0 Å². The lowest BCUT2D eigenvalue weighted by Gasteiger charge is -2.09. The number of nitrogens with zero attached hydrogens (tertiary/aromatic N) is 1. The molecule has 1 N–H and O–H groups in total. The number of ether oxygens (including phenoxy) is 1. The minimum absolute atomic E-state index is 0.0351. The van der Waals surface area contributed by atoms with Gasteiger partial charge in [-0.25, -0.2) is 0 Å². The zero-order valence-corrected chi connectivity index (χ0v) is 14.9. The quantitative estimate of drug-likeness (QED) is 0.682. The number of aromatic nitrogens is 1.